The fraction of sp³-hybridized carbons (Fsp3) is 0.538. The third kappa shape index (κ3) is 4.19. The summed E-state index contributed by atoms with van der Waals surface area (Å²) < 4.78 is 11.3. The van der Waals surface area contributed by atoms with Gasteiger partial charge in [0.25, 0.3) is 0 Å². The van der Waals surface area contributed by atoms with E-state index in [4.69, 9.17) is 21.1 Å². The number of benzene rings is 1. The van der Waals surface area contributed by atoms with E-state index in [0.717, 1.165) is 31.7 Å². The van der Waals surface area contributed by atoms with Crippen LogP contribution >= 0.6 is 11.6 Å². The number of halogens is 1. The molecule has 94 valence electrons. The first-order chi connectivity index (χ1) is 8.36. The second-order valence-corrected chi connectivity index (χ2v) is 4.51. The first-order valence-electron chi connectivity index (χ1n) is 6.06. The van der Waals surface area contributed by atoms with Crippen LogP contribution < -0.4 is 10.1 Å². The number of nitrogens with one attached hydrogen (secondary N) is 1. The summed E-state index contributed by atoms with van der Waals surface area (Å²) in [6.07, 6.45) is 2.56. The molecule has 0 unspecified atom stereocenters. The molecular weight excluding hydrogens is 238 g/mol. The summed E-state index contributed by atoms with van der Waals surface area (Å²) in [5.41, 5.74) is 0. The molecule has 2 rings (SSSR count). The quantitative estimate of drug-likeness (QED) is 0.820. The van der Waals surface area contributed by atoms with Crippen LogP contribution in [0.25, 0.3) is 0 Å². The Balaban J connectivity index is 1.64. The van der Waals surface area contributed by atoms with Gasteiger partial charge >= 0.3 is 0 Å². The predicted octanol–water partition coefficient (Wildman–Crippen LogP) is 2.49. The number of hydrogen-bond acceptors (Lipinski definition) is 3. The molecule has 1 N–H and O–H groups in total. The van der Waals surface area contributed by atoms with Crippen LogP contribution in [0.15, 0.2) is 24.3 Å². The minimum atomic E-state index is 0.381. The SMILES string of the molecule is Clc1ccccc1OCCOC1CCNCC1. The molecule has 0 saturated carbocycles. The van der Waals surface area contributed by atoms with E-state index in [1.165, 1.54) is 0 Å². The Morgan fingerprint density at radius 3 is 2.71 bits per heavy atom. The van der Waals surface area contributed by atoms with Gasteiger partial charge in [0.15, 0.2) is 0 Å². The van der Waals surface area contributed by atoms with Crippen LogP contribution in [0.4, 0.5) is 0 Å². The molecule has 17 heavy (non-hydrogen) atoms. The van der Waals surface area contributed by atoms with Crippen molar-refractivity contribution in [2.75, 3.05) is 26.3 Å². The lowest BCUT2D eigenvalue weighted by Crippen LogP contribution is -2.33. The molecule has 1 fully saturated rings. The van der Waals surface area contributed by atoms with Crippen LogP contribution in [-0.2, 0) is 4.74 Å². The van der Waals surface area contributed by atoms with Gasteiger partial charge in [-0.2, -0.15) is 0 Å². The highest BCUT2D eigenvalue weighted by Crippen LogP contribution is 2.22. The van der Waals surface area contributed by atoms with Crippen LogP contribution in [0.1, 0.15) is 12.8 Å². The van der Waals surface area contributed by atoms with E-state index in [1.807, 2.05) is 24.3 Å². The molecule has 4 heteroatoms. The topological polar surface area (TPSA) is 30.5 Å². The molecule has 0 atom stereocenters. The van der Waals surface area contributed by atoms with Crippen LogP contribution in [-0.4, -0.2) is 32.4 Å². The number of piperidine rings is 1. The maximum atomic E-state index is 5.98. The minimum Gasteiger partial charge on any atom is -0.490 e. The Hall–Kier alpha value is -0.770. The van der Waals surface area contributed by atoms with E-state index in [0.29, 0.717) is 24.3 Å². The van der Waals surface area contributed by atoms with Crippen LogP contribution in [0.2, 0.25) is 5.02 Å². The molecule has 0 amide bonds. The van der Waals surface area contributed by atoms with Gasteiger partial charge in [0, 0.05) is 0 Å². The lowest BCUT2D eigenvalue weighted by atomic mass is 10.1. The van der Waals surface area contributed by atoms with Crippen molar-refractivity contribution in [1.29, 1.82) is 0 Å². The molecule has 3 nitrogen and oxygen atoms in total. The molecular formula is C13H18ClNO2. The van der Waals surface area contributed by atoms with Gasteiger partial charge in [-0.05, 0) is 38.1 Å². The smallest absolute Gasteiger partial charge is 0.138 e. The van der Waals surface area contributed by atoms with Crippen molar-refractivity contribution in [3.8, 4) is 5.75 Å². The van der Waals surface area contributed by atoms with E-state index >= 15 is 0 Å². The zero-order chi connectivity index (χ0) is 11.9. The van der Waals surface area contributed by atoms with Gasteiger partial charge in [0.05, 0.1) is 17.7 Å². The van der Waals surface area contributed by atoms with Crippen molar-refractivity contribution < 1.29 is 9.47 Å². The average molecular weight is 256 g/mol. The molecule has 0 aliphatic carbocycles. The maximum absolute atomic E-state index is 5.98. The Morgan fingerprint density at radius 1 is 1.18 bits per heavy atom. The molecule has 0 bridgehead atoms. The Bertz CT molecular complexity index is 340. The summed E-state index contributed by atoms with van der Waals surface area (Å²) in [7, 11) is 0. The van der Waals surface area contributed by atoms with Gasteiger partial charge < -0.3 is 14.8 Å². The highest BCUT2D eigenvalue weighted by atomic mass is 35.5. The third-order valence-electron chi connectivity index (χ3n) is 2.82. The first kappa shape index (κ1) is 12.7. The van der Waals surface area contributed by atoms with Crippen molar-refractivity contribution >= 4 is 11.6 Å². The normalized spacial score (nSPS) is 17.0. The van der Waals surface area contributed by atoms with Gasteiger partial charge in [-0.25, -0.2) is 0 Å². The number of para-hydroxylation sites is 1. The number of rotatable bonds is 5. The van der Waals surface area contributed by atoms with Gasteiger partial charge in [-0.3, -0.25) is 0 Å². The van der Waals surface area contributed by atoms with Crippen molar-refractivity contribution in [2.24, 2.45) is 0 Å². The van der Waals surface area contributed by atoms with E-state index in [9.17, 15) is 0 Å². The summed E-state index contributed by atoms with van der Waals surface area (Å²) >= 11 is 5.98. The second-order valence-electron chi connectivity index (χ2n) is 4.10. The van der Waals surface area contributed by atoms with Crippen LogP contribution in [0.3, 0.4) is 0 Å². The molecule has 1 heterocycles. The molecule has 1 aliphatic rings. The van der Waals surface area contributed by atoms with Crippen molar-refractivity contribution in [1.82, 2.24) is 5.32 Å². The summed E-state index contributed by atoms with van der Waals surface area (Å²) in [6.45, 7) is 3.27. The maximum Gasteiger partial charge on any atom is 0.138 e. The third-order valence-corrected chi connectivity index (χ3v) is 3.13. The highest BCUT2D eigenvalue weighted by Gasteiger charge is 2.12. The standard InChI is InChI=1S/C13H18ClNO2/c14-12-3-1-2-4-13(12)17-10-9-16-11-5-7-15-8-6-11/h1-4,11,15H,5-10H2. The Labute approximate surface area is 107 Å². The fourth-order valence-electron chi connectivity index (χ4n) is 1.89. The lowest BCUT2D eigenvalue weighted by molar-refractivity contribution is 0.0168. The Kier molecular flexibility index (Phi) is 5.10. The number of ether oxygens (including phenoxy) is 2. The van der Waals surface area contributed by atoms with Gasteiger partial charge in [-0.15, -0.1) is 0 Å². The summed E-state index contributed by atoms with van der Waals surface area (Å²) in [5, 5.41) is 3.96. The van der Waals surface area contributed by atoms with Crippen LogP contribution in [0, 0.1) is 0 Å². The molecule has 1 aliphatic heterocycles. The highest BCUT2D eigenvalue weighted by molar-refractivity contribution is 6.32. The fourth-order valence-corrected chi connectivity index (χ4v) is 2.08. The van der Waals surface area contributed by atoms with E-state index in [1.54, 1.807) is 0 Å². The monoisotopic (exact) mass is 255 g/mol. The van der Waals surface area contributed by atoms with Gasteiger partial charge in [0.2, 0.25) is 0 Å². The van der Waals surface area contributed by atoms with Gasteiger partial charge in [0.1, 0.15) is 12.4 Å². The lowest BCUT2D eigenvalue weighted by Gasteiger charge is -2.22. The van der Waals surface area contributed by atoms with E-state index in [2.05, 4.69) is 5.32 Å². The molecule has 1 saturated heterocycles. The van der Waals surface area contributed by atoms with Crippen molar-refractivity contribution in [2.45, 2.75) is 18.9 Å². The van der Waals surface area contributed by atoms with Crippen molar-refractivity contribution in [3.05, 3.63) is 29.3 Å². The largest absolute Gasteiger partial charge is 0.490 e. The van der Waals surface area contributed by atoms with Crippen molar-refractivity contribution in [3.63, 3.8) is 0 Å². The summed E-state index contributed by atoms with van der Waals surface area (Å²) in [4.78, 5) is 0. The van der Waals surface area contributed by atoms with Crippen LogP contribution in [0.5, 0.6) is 5.75 Å². The molecule has 1 aromatic carbocycles. The second kappa shape index (κ2) is 6.84. The molecule has 0 radical (unpaired) electrons. The van der Waals surface area contributed by atoms with E-state index < -0.39 is 0 Å². The predicted molar refractivity (Wildman–Crippen MR) is 68.8 cm³/mol. The zero-order valence-corrected chi connectivity index (χ0v) is 10.6. The van der Waals surface area contributed by atoms with Gasteiger partial charge in [-0.1, -0.05) is 23.7 Å². The summed E-state index contributed by atoms with van der Waals surface area (Å²) in [5.74, 6) is 0.725. The average Bonchev–Trinajstić information content (AvgIpc) is 2.38. The summed E-state index contributed by atoms with van der Waals surface area (Å²) in [6, 6.07) is 7.49. The number of hydrogen-bond donors (Lipinski definition) is 1. The molecule has 1 aromatic rings. The Morgan fingerprint density at radius 2 is 1.94 bits per heavy atom. The van der Waals surface area contributed by atoms with E-state index in [-0.39, 0.29) is 0 Å². The molecule has 0 aromatic heterocycles. The minimum absolute atomic E-state index is 0.381. The first-order valence-corrected chi connectivity index (χ1v) is 6.44. The molecule has 0 spiro atoms. The zero-order valence-electron chi connectivity index (χ0n) is 9.82.